The van der Waals surface area contributed by atoms with Crippen molar-refractivity contribution in [3.63, 3.8) is 0 Å². The molecule has 2 aromatic rings. The highest BCUT2D eigenvalue weighted by Crippen LogP contribution is 2.16. The Labute approximate surface area is 132 Å². The summed E-state index contributed by atoms with van der Waals surface area (Å²) in [5, 5.41) is 3.01. The van der Waals surface area contributed by atoms with Crippen LogP contribution in [-0.4, -0.2) is 12.0 Å². The number of hydrogen-bond acceptors (Lipinski definition) is 2. The summed E-state index contributed by atoms with van der Waals surface area (Å²) in [6, 6.07) is 15.4. The number of carbonyl (C=O) groups is 1. The van der Waals surface area contributed by atoms with Gasteiger partial charge in [-0.15, -0.1) is 0 Å². The van der Waals surface area contributed by atoms with Crippen molar-refractivity contribution >= 4 is 5.91 Å². The lowest BCUT2D eigenvalue weighted by atomic mass is 10.1. The van der Waals surface area contributed by atoms with Gasteiger partial charge in [-0.2, -0.15) is 0 Å². The minimum absolute atomic E-state index is 0.0281. The van der Waals surface area contributed by atoms with E-state index in [-0.39, 0.29) is 18.1 Å². The monoisotopic (exact) mass is 297 g/mol. The molecule has 22 heavy (non-hydrogen) atoms. The lowest BCUT2D eigenvalue weighted by molar-refractivity contribution is 0.0940. The highest BCUT2D eigenvalue weighted by molar-refractivity contribution is 5.94. The first-order valence-corrected chi connectivity index (χ1v) is 7.60. The van der Waals surface area contributed by atoms with E-state index < -0.39 is 0 Å². The molecule has 0 aliphatic carbocycles. The third kappa shape index (κ3) is 4.35. The summed E-state index contributed by atoms with van der Waals surface area (Å²) in [5.41, 5.74) is 2.94. The van der Waals surface area contributed by atoms with Crippen molar-refractivity contribution in [1.82, 2.24) is 5.32 Å². The predicted octanol–water partition coefficient (Wildman–Crippen LogP) is 4.27. The Hall–Kier alpha value is -2.29. The molecule has 0 aromatic heterocycles. The molecule has 0 spiro atoms. The number of ether oxygens (including phenoxy) is 1. The first kappa shape index (κ1) is 16.1. The zero-order valence-corrected chi connectivity index (χ0v) is 13.6. The first-order chi connectivity index (χ1) is 10.5. The molecule has 0 radical (unpaired) electrons. The molecule has 1 amide bonds. The van der Waals surface area contributed by atoms with Crippen LogP contribution in [0.2, 0.25) is 0 Å². The number of aryl methyl sites for hydroxylation is 1. The fraction of sp³-hybridized carbons (Fsp3) is 0.316. The minimum atomic E-state index is -0.0795. The third-order valence-corrected chi connectivity index (χ3v) is 3.41. The largest absolute Gasteiger partial charge is 0.491 e. The number of benzene rings is 2. The second-order valence-corrected chi connectivity index (χ2v) is 5.80. The highest BCUT2D eigenvalue weighted by atomic mass is 16.5. The van der Waals surface area contributed by atoms with E-state index in [1.165, 1.54) is 5.56 Å². The standard InChI is InChI=1S/C19H23NO2/c1-13(2)22-18-11-9-17(10-12-18)19(21)20-15(4)16-7-5-14(3)6-8-16/h5-13,15H,1-4H3,(H,20,21)/t15-/m0/s1. The van der Waals surface area contributed by atoms with E-state index in [1.807, 2.05) is 52.0 Å². The summed E-state index contributed by atoms with van der Waals surface area (Å²) >= 11 is 0. The fourth-order valence-corrected chi connectivity index (χ4v) is 2.18. The maximum absolute atomic E-state index is 12.3. The maximum Gasteiger partial charge on any atom is 0.251 e. The summed E-state index contributed by atoms with van der Waals surface area (Å²) in [6.45, 7) is 7.99. The van der Waals surface area contributed by atoms with Crippen LogP contribution < -0.4 is 10.1 Å². The van der Waals surface area contributed by atoms with E-state index in [0.717, 1.165) is 11.3 Å². The van der Waals surface area contributed by atoms with Gasteiger partial charge in [-0.1, -0.05) is 29.8 Å². The molecular weight excluding hydrogens is 274 g/mol. The van der Waals surface area contributed by atoms with Crippen LogP contribution in [0, 0.1) is 6.92 Å². The van der Waals surface area contributed by atoms with Gasteiger partial charge in [0.1, 0.15) is 5.75 Å². The number of hydrogen-bond donors (Lipinski definition) is 1. The average Bonchev–Trinajstić information content (AvgIpc) is 2.48. The molecule has 0 saturated heterocycles. The van der Waals surface area contributed by atoms with Crippen LogP contribution in [0.5, 0.6) is 5.75 Å². The van der Waals surface area contributed by atoms with Crippen LogP contribution in [0.4, 0.5) is 0 Å². The van der Waals surface area contributed by atoms with Crippen LogP contribution in [0.1, 0.15) is 48.3 Å². The van der Waals surface area contributed by atoms with Crippen LogP contribution in [0.3, 0.4) is 0 Å². The molecule has 0 bridgehead atoms. The molecule has 3 heteroatoms. The molecule has 116 valence electrons. The Morgan fingerprint density at radius 1 is 0.955 bits per heavy atom. The van der Waals surface area contributed by atoms with E-state index in [4.69, 9.17) is 4.74 Å². The van der Waals surface area contributed by atoms with Crippen molar-refractivity contribution in [1.29, 1.82) is 0 Å². The fourth-order valence-electron chi connectivity index (χ4n) is 2.18. The molecule has 0 fully saturated rings. The van der Waals surface area contributed by atoms with Crippen LogP contribution in [-0.2, 0) is 0 Å². The number of carbonyl (C=O) groups excluding carboxylic acids is 1. The van der Waals surface area contributed by atoms with Gasteiger partial charge in [0.15, 0.2) is 0 Å². The lowest BCUT2D eigenvalue weighted by Gasteiger charge is -2.15. The van der Waals surface area contributed by atoms with Crippen LogP contribution in [0.15, 0.2) is 48.5 Å². The van der Waals surface area contributed by atoms with Crippen molar-refractivity contribution in [3.05, 3.63) is 65.2 Å². The Bertz CT molecular complexity index is 615. The Balaban J connectivity index is 2.00. The highest BCUT2D eigenvalue weighted by Gasteiger charge is 2.11. The van der Waals surface area contributed by atoms with Gasteiger partial charge in [0.05, 0.1) is 12.1 Å². The summed E-state index contributed by atoms with van der Waals surface area (Å²) in [7, 11) is 0. The third-order valence-electron chi connectivity index (χ3n) is 3.41. The van der Waals surface area contributed by atoms with Crippen LogP contribution in [0.25, 0.3) is 0 Å². The molecule has 0 heterocycles. The van der Waals surface area contributed by atoms with Crippen LogP contribution >= 0.6 is 0 Å². The number of amides is 1. The molecule has 0 aliphatic rings. The van der Waals surface area contributed by atoms with Gasteiger partial charge >= 0.3 is 0 Å². The molecule has 1 N–H and O–H groups in total. The smallest absolute Gasteiger partial charge is 0.251 e. The number of nitrogens with one attached hydrogen (secondary N) is 1. The van der Waals surface area contributed by atoms with E-state index in [2.05, 4.69) is 17.4 Å². The molecule has 2 rings (SSSR count). The molecule has 0 unspecified atom stereocenters. The average molecular weight is 297 g/mol. The van der Waals surface area contributed by atoms with E-state index in [1.54, 1.807) is 12.1 Å². The zero-order chi connectivity index (χ0) is 16.1. The second-order valence-electron chi connectivity index (χ2n) is 5.80. The van der Waals surface area contributed by atoms with Gasteiger partial charge in [-0.3, -0.25) is 4.79 Å². The van der Waals surface area contributed by atoms with E-state index >= 15 is 0 Å². The van der Waals surface area contributed by atoms with Crippen molar-refractivity contribution in [3.8, 4) is 5.75 Å². The normalized spacial score (nSPS) is 12.0. The summed E-state index contributed by atoms with van der Waals surface area (Å²) in [6.07, 6.45) is 0.126. The van der Waals surface area contributed by atoms with Crippen molar-refractivity contribution in [2.45, 2.75) is 39.8 Å². The molecular formula is C19H23NO2. The maximum atomic E-state index is 12.3. The summed E-state index contributed by atoms with van der Waals surface area (Å²) in [4.78, 5) is 12.3. The second kappa shape index (κ2) is 7.12. The van der Waals surface area contributed by atoms with Gasteiger partial charge in [-0.05, 0) is 57.5 Å². The number of rotatable bonds is 5. The molecule has 1 atom stereocenters. The minimum Gasteiger partial charge on any atom is -0.491 e. The molecule has 0 aliphatic heterocycles. The Morgan fingerprint density at radius 2 is 1.55 bits per heavy atom. The zero-order valence-electron chi connectivity index (χ0n) is 13.6. The Kier molecular flexibility index (Phi) is 5.21. The van der Waals surface area contributed by atoms with Gasteiger partial charge in [0, 0.05) is 5.56 Å². The van der Waals surface area contributed by atoms with E-state index in [0.29, 0.717) is 5.56 Å². The summed E-state index contributed by atoms with van der Waals surface area (Å²) < 4.78 is 5.58. The Morgan fingerprint density at radius 3 is 2.09 bits per heavy atom. The van der Waals surface area contributed by atoms with Crippen molar-refractivity contribution in [2.75, 3.05) is 0 Å². The van der Waals surface area contributed by atoms with Gasteiger partial charge < -0.3 is 10.1 Å². The predicted molar refractivity (Wildman–Crippen MR) is 89.3 cm³/mol. The molecule has 2 aromatic carbocycles. The quantitative estimate of drug-likeness (QED) is 0.895. The van der Waals surface area contributed by atoms with Crippen molar-refractivity contribution < 1.29 is 9.53 Å². The molecule has 0 saturated carbocycles. The molecule has 3 nitrogen and oxygen atoms in total. The van der Waals surface area contributed by atoms with Gasteiger partial charge in [0.2, 0.25) is 0 Å². The van der Waals surface area contributed by atoms with E-state index in [9.17, 15) is 4.79 Å². The van der Waals surface area contributed by atoms with Crippen molar-refractivity contribution in [2.24, 2.45) is 0 Å². The van der Waals surface area contributed by atoms with Gasteiger partial charge in [-0.25, -0.2) is 0 Å². The summed E-state index contributed by atoms with van der Waals surface area (Å²) in [5.74, 6) is 0.697. The topological polar surface area (TPSA) is 38.3 Å². The SMILES string of the molecule is Cc1ccc([C@H](C)NC(=O)c2ccc(OC(C)C)cc2)cc1. The first-order valence-electron chi connectivity index (χ1n) is 7.60. The van der Waals surface area contributed by atoms with Gasteiger partial charge in [0.25, 0.3) is 5.91 Å². The lowest BCUT2D eigenvalue weighted by Crippen LogP contribution is -2.26.